The van der Waals surface area contributed by atoms with Crippen LogP contribution in [0, 0.1) is 0 Å². The number of anilines is 3. The molecule has 0 aliphatic rings. The van der Waals surface area contributed by atoms with Crippen LogP contribution < -0.4 is 4.90 Å². The van der Waals surface area contributed by atoms with Crippen molar-refractivity contribution in [3.05, 3.63) is 212 Å². The first-order valence-electron chi connectivity index (χ1n) is 19.3. The minimum absolute atomic E-state index is 0.860. The standard InChI is InChI=1S/C54H35NO2/c1-3-11-36(12-4-1)41-31-42(37-13-5-2-6-14-37)33-43(32-41)39-21-26-45(27-22-39)55(46-28-29-49-47-15-7-9-17-51(47)57-54(49)35-46)44-24-19-38(20-25-44)40-23-30-53-50(34-40)48-16-8-10-18-52(48)56-53/h1-35H. The van der Waals surface area contributed by atoms with Crippen LogP contribution in [0.4, 0.5) is 17.1 Å². The predicted octanol–water partition coefficient (Wildman–Crippen LogP) is 15.6. The Bertz CT molecular complexity index is 3150. The van der Waals surface area contributed by atoms with Crippen LogP contribution in [0.15, 0.2) is 221 Å². The van der Waals surface area contributed by atoms with Crippen LogP contribution in [0.5, 0.6) is 0 Å². The Kier molecular flexibility index (Phi) is 7.82. The Morgan fingerprint density at radius 2 is 0.632 bits per heavy atom. The van der Waals surface area contributed by atoms with Gasteiger partial charge in [0, 0.05) is 44.7 Å². The van der Waals surface area contributed by atoms with Crippen LogP contribution in [-0.2, 0) is 0 Å². The molecule has 0 N–H and O–H groups in total. The summed E-state index contributed by atoms with van der Waals surface area (Å²) in [6.07, 6.45) is 0. The number of hydrogen-bond acceptors (Lipinski definition) is 3. The lowest BCUT2D eigenvalue weighted by atomic mass is 9.93. The zero-order valence-electron chi connectivity index (χ0n) is 31.0. The van der Waals surface area contributed by atoms with E-state index in [1.54, 1.807) is 0 Å². The third-order valence-electron chi connectivity index (χ3n) is 11.1. The third-order valence-corrected chi connectivity index (χ3v) is 11.1. The van der Waals surface area contributed by atoms with Gasteiger partial charge in [0.1, 0.15) is 22.3 Å². The summed E-state index contributed by atoms with van der Waals surface area (Å²) in [6.45, 7) is 0. The lowest BCUT2D eigenvalue weighted by molar-refractivity contribution is 0.668. The molecular formula is C54H35NO2. The molecule has 0 atom stereocenters. The lowest BCUT2D eigenvalue weighted by Gasteiger charge is -2.26. The van der Waals surface area contributed by atoms with Gasteiger partial charge in [-0.3, -0.25) is 0 Å². The second-order valence-electron chi connectivity index (χ2n) is 14.5. The monoisotopic (exact) mass is 729 g/mol. The molecule has 0 saturated carbocycles. The Balaban J connectivity index is 1.01. The lowest BCUT2D eigenvalue weighted by Crippen LogP contribution is -2.09. The van der Waals surface area contributed by atoms with E-state index in [9.17, 15) is 0 Å². The summed E-state index contributed by atoms with van der Waals surface area (Å²) in [5.41, 5.74) is 16.1. The first-order valence-corrected chi connectivity index (χ1v) is 19.3. The molecule has 0 aliphatic carbocycles. The zero-order valence-corrected chi connectivity index (χ0v) is 31.0. The first kappa shape index (κ1) is 32.8. The van der Waals surface area contributed by atoms with Crippen molar-refractivity contribution in [2.24, 2.45) is 0 Å². The average molecular weight is 730 g/mol. The summed E-state index contributed by atoms with van der Waals surface area (Å²) >= 11 is 0. The van der Waals surface area contributed by atoms with Crippen molar-refractivity contribution in [2.45, 2.75) is 0 Å². The number of para-hydroxylation sites is 2. The SMILES string of the molecule is c1ccc(-c2cc(-c3ccccc3)cc(-c3ccc(N(c4ccc(-c5ccc6oc7ccccc7c6c5)cc4)c4ccc5c(c4)oc4ccccc45)cc3)c2)cc1. The average Bonchev–Trinajstić information content (AvgIpc) is 3.85. The molecule has 11 rings (SSSR count). The van der Waals surface area contributed by atoms with E-state index in [0.717, 1.165) is 77.6 Å². The summed E-state index contributed by atoms with van der Waals surface area (Å²) in [6, 6.07) is 75.3. The maximum absolute atomic E-state index is 6.39. The van der Waals surface area contributed by atoms with Gasteiger partial charge in [0.05, 0.1) is 0 Å². The van der Waals surface area contributed by atoms with Crippen LogP contribution >= 0.6 is 0 Å². The normalized spacial score (nSPS) is 11.5. The van der Waals surface area contributed by atoms with Crippen molar-refractivity contribution < 1.29 is 8.83 Å². The predicted molar refractivity (Wildman–Crippen MR) is 237 cm³/mol. The molecule has 11 aromatic rings. The molecule has 9 aromatic carbocycles. The minimum atomic E-state index is 0.860. The van der Waals surface area contributed by atoms with E-state index < -0.39 is 0 Å². The molecule has 2 heterocycles. The van der Waals surface area contributed by atoms with Gasteiger partial charge in [0.2, 0.25) is 0 Å². The molecule has 0 bridgehead atoms. The van der Waals surface area contributed by atoms with E-state index in [4.69, 9.17) is 8.83 Å². The minimum Gasteiger partial charge on any atom is -0.456 e. The molecule has 2 aromatic heterocycles. The van der Waals surface area contributed by atoms with Gasteiger partial charge >= 0.3 is 0 Å². The van der Waals surface area contributed by atoms with Crippen molar-refractivity contribution in [1.29, 1.82) is 0 Å². The van der Waals surface area contributed by atoms with E-state index in [2.05, 4.69) is 193 Å². The van der Waals surface area contributed by atoms with E-state index in [1.165, 1.54) is 27.8 Å². The highest BCUT2D eigenvalue weighted by molar-refractivity contribution is 6.07. The molecule has 0 radical (unpaired) electrons. The molecule has 0 fully saturated rings. The smallest absolute Gasteiger partial charge is 0.137 e. The molecule has 0 amide bonds. The van der Waals surface area contributed by atoms with Gasteiger partial charge in [-0.25, -0.2) is 0 Å². The largest absolute Gasteiger partial charge is 0.456 e. The summed E-state index contributed by atoms with van der Waals surface area (Å²) in [7, 11) is 0. The Labute approximate surface area is 330 Å². The summed E-state index contributed by atoms with van der Waals surface area (Å²) in [4.78, 5) is 2.31. The molecule has 0 spiro atoms. The molecule has 0 aliphatic heterocycles. The fourth-order valence-electron chi connectivity index (χ4n) is 8.20. The van der Waals surface area contributed by atoms with Crippen LogP contribution in [0.1, 0.15) is 0 Å². The highest BCUT2D eigenvalue weighted by atomic mass is 16.3. The van der Waals surface area contributed by atoms with Gasteiger partial charge in [-0.2, -0.15) is 0 Å². The van der Waals surface area contributed by atoms with E-state index in [-0.39, 0.29) is 0 Å². The van der Waals surface area contributed by atoms with Crippen molar-refractivity contribution in [1.82, 2.24) is 0 Å². The zero-order chi connectivity index (χ0) is 37.7. The number of nitrogens with zero attached hydrogens (tertiary/aromatic N) is 1. The number of hydrogen-bond donors (Lipinski definition) is 0. The molecule has 0 saturated heterocycles. The van der Waals surface area contributed by atoms with Gasteiger partial charge in [-0.15, -0.1) is 0 Å². The maximum atomic E-state index is 6.39. The number of furan rings is 2. The maximum Gasteiger partial charge on any atom is 0.137 e. The van der Waals surface area contributed by atoms with Gasteiger partial charge in [0.25, 0.3) is 0 Å². The van der Waals surface area contributed by atoms with Crippen LogP contribution in [0.2, 0.25) is 0 Å². The van der Waals surface area contributed by atoms with E-state index >= 15 is 0 Å². The fraction of sp³-hybridized carbons (Fsp3) is 0. The molecule has 268 valence electrons. The highest BCUT2D eigenvalue weighted by Gasteiger charge is 2.17. The molecular weight excluding hydrogens is 695 g/mol. The second-order valence-corrected chi connectivity index (χ2v) is 14.5. The van der Waals surface area contributed by atoms with Crippen molar-refractivity contribution >= 4 is 60.9 Å². The Hall–Kier alpha value is -7.62. The van der Waals surface area contributed by atoms with E-state index in [0.29, 0.717) is 0 Å². The summed E-state index contributed by atoms with van der Waals surface area (Å²) < 4.78 is 12.5. The van der Waals surface area contributed by atoms with Crippen LogP contribution in [-0.4, -0.2) is 0 Å². The fourth-order valence-corrected chi connectivity index (χ4v) is 8.20. The number of fused-ring (bicyclic) bond motifs is 6. The molecule has 57 heavy (non-hydrogen) atoms. The van der Waals surface area contributed by atoms with Gasteiger partial charge in [-0.1, -0.05) is 127 Å². The second kappa shape index (κ2) is 13.6. The van der Waals surface area contributed by atoms with Crippen molar-refractivity contribution in [3.63, 3.8) is 0 Å². The summed E-state index contributed by atoms with van der Waals surface area (Å²) in [5.74, 6) is 0. The van der Waals surface area contributed by atoms with Crippen LogP contribution in [0.3, 0.4) is 0 Å². The van der Waals surface area contributed by atoms with Gasteiger partial charge < -0.3 is 13.7 Å². The molecule has 0 unspecified atom stereocenters. The third kappa shape index (κ3) is 5.94. The van der Waals surface area contributed by atoms with Crippen LogP contribution in [0.25, 0.3) is 88.4 Å². The topological polar surface area (TPSA) is 29.5 Å². The number of benzene rings is 9. The highest BCUT2D eigenvalue weighted by Crippen LogP contribution is 2.41. The molecule has 3 heteroatoms. The van der Waals surface area contributed by atoms with Gasteiger partial charge in [0.15, 0.2) is 0 Å². The molecule has 3 nitrogen and oxygen atoms in total. The quantitative estimate of drug-likeness (QED) is 0.164. The Morgan fingerprint density at radius 1 is 0.228 bits per heavy atom. The van der Waals surface area contributed by atoms with Crippen molar-refractivity contribution in [2.75, 3.05) is 4.90 Å². The van der Waals surface area contributed by atoms with Crippen molar-refractivity contribution in [3.8, 4) is 44.5 Å². The van der Waals surface area contributed by atoms with E-state index in [1.807, 2.05) is 24.3 Å². The summed E-state index contributed by atoms with van der Waals surface area (Å²) in [5, 5.41) is 4.48. The first-order chi connectivity index (χ1) is 28.2. The number of rotatable bonds is 7. The Morgan fingerprint density at radius 3 is 1.21 bits per heavy atom. The van der Waals surface area contributed by atoms with Gasteiger partial charge in [-0.05, 0) is 123 Å².